The standard InChI is InChI=1S/C23H23BrN2O5S/c1-30-21-13-12-19(15-22(21)31-2)32(28,29)26-20(14-16-6-4-3-5-7-16)23(27)25-18-10-8-17(24)9-11-18/h3-13,15,20,26H,14H2,1-2H3,(H,25,27)/t20-/m1/s1. The van der Waals surface area contributed by atoms with Crippen LogP contribution in [-0.2, 0) is 21.2 Å². The van der Waals surface area contributed by atoms with E-state index in [0.29, 0.717) is 11.4 Å². The highest BCUT2D eigenvalue weighted by Gasteiger charge is 2.27. The van der Waals surface area contributed by atoms with Crippen LogP contribution in [0.4, 0.5) is 5.69 Å². The molecular formula is C23H23BrN2O5S. The zero-order valence-corrected chi connectivity index (χ0v) is 19.9. The number of carbonyl (C=O) groups is 1. The summed E-state index contributed by atoms with van der Waals surface area (Å²) < 4.78 is 40.0. The number of benzene rings is 3. The Labute approximate surface area is 195 Å². The zero-order chi connectivity index (χ0) is 23.1. The number of amides is 1. The lowest BCUT2D eigenvalue weighted by Gasteiger charge is -2.19. The third kappa shape index (κ3) is 6.09. The first-order valence-electron chi connectivity index (χ1n) is 9.67. The van der Waals surface area contributed by atoms with Gasteiger partial charge in [-0.05, 0) is 48.4 Å². The van der Waals surface area contributed by atoms with Gasteiger partial charge in [0.05, 0.1) is 19.1 Å². The van der Waals surface area contributed by atoms with Crippen molar-refractivity contribution in [3.8, 4) is 11.5 Å². The molecule has 3 rings (SSSR count). The highest BCUT2D eigenvalue weighted by molar-refractivity contribution is 9.10. The summed E-state index contributed by atoms with van der Waals surface area (Å²) in [4.78, 5) is 13.0. The van der Waals surface area contributed by atoms with Gasteiger partial charge >= 0.3 is 0 Å². The minimum atomic E-state index is -4.04. The quantitative estimate of drug-likeness (QED) is 0.446. The van der Waals surface area contributed by atoms with E-state index in [0.717, 1.165) is 10.0 Å². The topological polar surface area (TPSA) is 93.7 Å². The lowest BCUT2D eigenvalue weighted by Crippen LogP contribution is -2.45. The number of hydrogen-bond donors (Lipinski definition) is 2. The predicted molar refractivity (Wildman–Crippen MR) is 127 cm³/mol. The SMILES string of the molecule is COc1ccc(S(=O)(=O)N[C@H](Cc2ccccc2)C(=O)Nc2ccc(Br)cc2)cc1OC. The Hall–Kier alpha value is -2.88. The first kappa shape index (κ1) is 23.8. The molecule has 9 heteroatoms. The van der Waals surface area contributed by atoms with Gasteiger partial charge in [-0.1, -0.05) is 46.3 Å². The number of methoxy groups -OCH3 is 2. The molecule has 0 aromatic heterocycles. The van der Waals surface area contributed by atoms with Gasteiger partial charge in [-0.2, -0.15) is 4.72 Å². The second-order valence-corrected chi connectivity index (χ2v) is 9.51. The van der Waals surface area contributed by atoms with Gasteiger partial charge in [0.1, 0.15) is 6.04 Å². The van der Waals surface area contributed by atoms with Crippen LogP contribution in [0.2, 0.25) is 0 Å². The molecule has 1 amide bonds. The van der Waals surface area contributed by atoms with Gasteiger partial charge in [0.15, 0.2) is 11.5 Å². The van der Waals surface area contributed by atoms with Gasteiger partial charge < -0.3 is 14.8 Å². The predicted octanol–water partition coefficient (Wildman–Crippen LogP) is 3.99. The van der Waals surface area contributed by atoms with Crippen LogP contribution in [0.1, 0.15) is 5.56 Å². The summed E-state index contributed by atoms with van der Waals surface area (Å²) in [5, 5.41) is 2.77. The van der Waals surface area contributed by atoms with E-state index in [2.05, 4.69) is 26.0 Å². The fraction of sp³-hybridized carbons (Fsp3) is 0.174. The number of anilines is 1. The largest absolute Gasteiger partial charge is 0.493 e. The van der Waals surface area contributed by atoms with E-state index in [1.807, 2.05) is 30.3 Å². The maximum atomic E-state index is 13.1. The van der Waals surface area contributed by atoms with Crippen LogP contribution < -0.4 is 19.5 Å². The number of sulfonamides is 1. The number of nitrogens with one attached hydrogen (secondary N) is 2. The Morgan fingerprint density at radius 1 is 0.938 bits per heavy atom. The smallest absolute Gasteiger partial charge is 0.242 e. The van der Waals surface area contributed by atoms with Crippen molar-refractivity contribution in [1.82, 2.24) is 4.72 Å². The second kappa shape index (κ2) is 10.6. The Kier molecular flexibility index (Phi) is 7.89. The molecule has 7 nitrogen and oxygen atoms in total. The van der Waals surface area contributed by atoms with Gasteiger partial charge in [0.2, 0.25) is 15.9 Å². The molecule has 0 spiro atoms. The summed E-state index contributed by atoms with van der Waals surface area (Å²) in [6, 6.07) is 19.4. The Morgan fingerprint density at radius 3 is 2.22 bits per heavy atom. The van der Waals surface area contributed by atoms with Crippen LogP contribution in [0, 0.1) is 0 Å². The van der Waals surface area contributed by atoms with Crippen molar-refractivity contribution >= 4 is 37.5 Å². The van der Waals surface area contributed by atoms with Crippen molar-refractivity contribution in [2.24, 2.45) is 0 Å². The molecule has 0 aliphatic heterocycles. The van der Waals surface area contributed by atoms with Crippen molar-refractivity contribution in [3.63, 3.8) is 0 Å². The van der Waals surface area contributed by atoms with E-state index < -0.39 is 22.0 Å². The van der Waals surface area contributed by atoms with Gasteiger partial charge in [0, 0.05) is 16.2 Å². The molecule has 0 saturated heterocycles. The highest BCUT2D eigenvalue weighted by atomic mass is 79.9. The average molecular weight is 519 g/mol. The summed E-state index contributed by atoms with van der Waals surface area (Å²) in [6.45, 7) is 0. The molecule has 168 valence electrons. The average Bonchev–Trinajstić information content (AvgIpc) is 2.80. The molecule has 0 unspecified atom stereocenters. The first-order chi connectivity index (χ1) is 15.3. The van der Waals surface area contributed by atoms with Crippen molar-refractivity contribution in [1.29, 1.82) is 0 Å². The van der Waals surface area contributed by atoms with E-state index >= 15 is 0 Å². The normalized spacial score (nSPS) is 12.1. The van der Waals surface area contributed by atoms with Gasteiger partial charge in [-0.25, -0.2) is 8.42 Å². The van der Waals surface area contributed by atoms with E-state index in [1.54, 1.807) is 24.3 Å². The molecule has 3 aromatic carbocycles. The van der Waals surface area contributed by atoms with Gasteiger partial charge in [0.25, 0.3) is 0 Å². The van der Waals surface area contributed by atoms with Crippen molar-refractivity contribution in [2.45, 2.75) is 17.4 Å². The third-order valence-electron chi connectivity index (χ3n) is 4.67. The summed E-state index contributed by atoms with van der Waals surface area (Å²) in [5.74, 6) is 0.204. The molecule has 0 aliphatic rings. The van der Waals surface area contributed by atoms with Crippen LogP contribution in [0.5, 0.6) is 11.5 Å². The maximum absolute atomic E-state index is 13.1. The van der Waals surface area contributed by atoms with E-state index in [-0.39, 0.29) is 17.1 Å². The Bertz CT molecular complexity index is 1170. The van der Waals surface area contributed by atoms with Crippen molar-refractivity contribution < 1.29 is 22.7 Å². The summed E-state index contributed by atoms with van der Waals surface area (Å²) >= 11 is 3.35. The molecule has 1 atom stereocenters. The third-order valence-corrected chi connectivity index (χ3v) is 6.67. The minimum absolute atomic E-state index is 0.0374. The number of carbonyl (C=O) groups excluding carboxylic acids is 1. The minimum Gasteiger partial charge on any atom is -0.493 e. The maximum Gasteiger partial charge on any atom is 0.242 e. The number of rotatable bonds is 9. The number of hydrogen-bond acceptors (Lipinski definition) is 5. The van der Waals surface area contributed by atoms with Crippen LogP contribution in [-0.4, -0.2) is 34.6 Å². The molecule has 3 aromatic rings. The van der Waals surface area contributed by atoms with Crippen LogP contribution in [0.25, 0.3) is 0 Å². The van der Waals surface area contributed by atoms with E-state index in [9.17, 15) is 13.2 Å². The molecule has 0 radical (unpaired) electrons. The monoisotopic (exact) mass is 518 g/mol. The molecule has 2 N–H and O–H groups in total. The summed E-state index contributed by atoms with van der Waals surface area (Å²) in [5.41, 5.74) is 1.38. The lowest BCUT2D eigenvalue weighted by atomic mass is 10.1. The van der Waals surface area contributed by atoms with Gasteiger partial charge in [-0.15, -0.1) is 0 Å². The molecule has 0 bridgehead atoms. The van der Waals surface area contributed by atoms with Crippen LogP contribution in [0.3, 0.4) is 0 Å². The highest BCUT2D eigenvalue weighted by Crippen LogP contribution is 2.29. The van der Waals surface area contributed by atoms with Crippen LogP contribution in [0.15, 0.2) is 82.2 Å². The second-order valence-electron chi connectivity index (χ2n) is 6.88. The zero-order valence-electron chi connectivity index (χ0n) is 17.5. The van der Waals surface area contributed by atoms with E-state index in [1.165, 1.54) is 32.4 Å². The van der Waals surface area contributed by atoms with Crippen LogP contribution >= 0.6 is 15.9 Å². The molecule has 0 aliphatic carbocycles. The fourth-order valence-corrected chi connectivity index (χ4v) is 4.51. The Morgan fingerprint density at radius 2 is 1.59 bits per heavy atom. The van der Waals surface area contributed by atoms with Gasteiger partial charge in [-0.3, -0.25) is 4.79 Å². The first-order valence-corrected chi connectivity index (χ1v) is 11.9. The van der Waals surface area contributed by atoms with Crippen molar-refractivity contribution in [3.05, 3.63) is 82.8 Å². The molecule has 0 fully saturated rings. The fourth-order valence-electron chi connectivity index (χ4n) is 3.04. The molecule has 32 heavy (non-hydrogen) atoms. The summed E-state index contributed by atoms with van der Waals surface area (Å²) in [7, 11) is -1.15. The molecule has 0 heterocycles. The van der Waals surface area contributed by atoms with E-state index in [4.69, 9.17) is 9.47 Å². The number of ether oxygens (including phenoxy) is 2. The summed E-state index contributed by atoms with van der Waals surface area (Å²) in [6.07, 6.45) is 0.176. The lowest BCUT2D eigenvalue weighted by molar-refractivity contribution is -0.117. The van der Waals surface area contributed by atoms with Crippen molar-refractivity contribution in [2.75, 3.05) is 19.5 Å². The number of halogens is 1. The molecule has 0 saturated carbocycles. The Balaban J connectivity index is 1.88. The molecular weight excluding hydrogens is 496 g/mol.